The van der Waals surface area contributed by atoms with Gasteiger partial charge in [-0.15, -0.1) is 0 Å². The lowest BCUT2D eigenvalue weighted by molar-refractivity contribution is -0.104. The van der Waals surface area contributed by atoms with Crippen LogP contribution >= 0.6 is 0 Å². The molecule has 4 bridgehead atoms. The number of hydrogen-bond acceptors (Lipinski definition) is 4. The fourth-order valence-electron chi connectivity index (χ4n) is 4.85. The van der Waals surface area contributed by atoms with Crippen LogP contribution in [0, 0.1) is 23.7 Å². The first-order valence-corrected chi connectivity index (χ1v) is 9.11. The van der Waals surface area contributed by atoms with Crippen molar-refractivity contribution in [1.29, 1.82) is 0 Å². The Bertz CT molecular complexity index is 410. The van der Waals surface area contributed by atoms with Crippen LogP contribution in [-0.4, -0.2) is 26.3 Å². The summed E-state index contributed by atoms with van der Waals surface area (Å²) in [6.07, 6.45) is 6.74. The predicted octanol–water partition coefficient (Wildman–Crippen LogP) is 1.90. The van der Waals surface area contributed by atoms with Crippen molar-refractivity contribution in [3.63, 3.8) is 0 Å². The second kappa shape index (κ2) is 4.71. The molecular formula is C14H25NO3S. The van der Waals surface area contributed by atoms with Gasteiger partial charge < -0.3 is 5.73 Å². The van der Waals surface area contributed by atoms with Crippen molar-refractivity contribution in [2.45, 2.75) is 51.0 Å². The zero-order valence-corrected chi connectivity index (χ0v) is 12.5. The fourth-order valence-corrected chi connectivity index (χ4v) is 6.50. The molecule has 4 aliphatic carbocycles. The molecule has 4 nitrogen and oxygen atoms in total. The molecular weight excluding hydrogens is 262 g/mol. The fraction of sp³-hybridized carbons (Fsp3) is 1.00. The van der Waals surface area contributed by atoms with Crippen molar-refractivity contribution in [3.8, 4) is 0 Å². The van der Waals surface area contributed by atoms with Crippen LogP contribution in [-0.2, 0) is 14.3 Å². The molecule has 0 saturated heterocycles. The van der Waals surface area contributed by atoms with Crippen LogP contribution in [0.15, 0.2) is 0 Å². The Morgan fingerprint density at radius 2 is 1.63 bits per heavy atom. The van der Waals surface area contributed by atoms with Gasteiger partial charge in [-0.3, -0.25) is 4.18 Å². The molecule has 1 atom stereocenters. The van der Waals surface area contributed by atoms with Crippen molar-refractivity contribution in [2.75, 3.05) is 12.3 Å². The molecule has 0 amide bonds. The van der Waals surface area contributed by atoms with E-state index in [1.807, 2.05) is 6.92 Å². The maximum atomic E-state index is 12.2. The molecule has 1 unspecified atom stereocenters. The van der Waals surface area contributed by atoms with Gasteiger partial charge in [0.15, 0.2) is 0 Å². The largest absolute Gasteiger partial charge is 0.330 e. The van der Waals surface area contributed by atoms with E-state index < -0.39 is 10.1 Å². The minimum Gasteiger partial charge on any atom is -0.330 e. The molecule has 2 N–H and O–H groups in total. The number of hydrogen-bond donors (Lipinski definition) is 1. The van der Waals surface area contributed by atoms with E-state index in [-0.39, 0.29) is 17.3 Å². The van der Waals surface area contributed by atoms with Crippen LogP contribution in [0.3, 0.4) is 0 Å². The first-order chi connectivity index (χ1) is 8.90. The zero-order valence-electron chi connectivity index (χ0n) is 11.7. The molecule has 4 aliphatic rings. The first kappa shape index (κ1) is 13.8. The van der Waals surface area contributed by atoms with Crippen LogP contribution in [0.25, 0.3) is 0 Å². The molecule has 4 rings (SSSR count). The molecule has 0 aromatic rings. The van der Waals surface area contributed by atoms with Gasteiger partial charge in [-0.1, -0.05) is 6.92 Å². The van der Waals surface area contributed by atoms with E-state index in [2.05, 4.69) is 0 Å². The Balaban J connectivity index is 1.72. The molecule has 4 fully saturated rings. The zero-order chi connectivity index (χ0) is 13.7. The number of nitrogens with two attached hydrogens (primary N) is 1. The Hall–Kier alpha value is -0.130. The Morgan fingerprint density at radius 3 is 2.05 bits per heavy atom. The van der Waals surface area contributed by atoms with E-state index in [0.29, 0.717) is 24.3 Å². The normalized spacial score (nSPS) is 42.5. The average molecular weight is 287 g/mol. The molecule has 0 aromatic heterocycles. The first-order valence-electron chi connectivity index (χ1n) is 7.53. The van der Waals surface area contributed by atoms with Gasteiger partial charge in [0.05, 0.1) is 11.4 Å². The van der Waals surface area contributed by atoms with E-state index in [0.717, 1.165) is 19.3 Å². The lowest BCUT2D eigenvalue weighted by Crippen LogP contribution is -2.53. The summed E-state index contributed by atoms with van der Waals surface area (Å²) in [5.41, 5.74) is 5.16. The standard InChI is InChI=1S/C14H25NO3S/c1-10(8-15)9-19(16,17)18-14-5-11-2-12(6-14)4-13(3-11)7-14/h10-13H,2-9,15H2,1H3. The highest BCUT2D eigenvalue weighted by molar-refractivity contribution is 7.86. The van der Waals surface area contributed by atoms with Crippen molar-refractivity contribution in [3.05, 3.63) is 0 Å². The average Bonchev–Trinajstić information content (AvgIpc) is 2.24. The van der Waals surface area contributed by atoms with Gasteiger partial charge in [0.2, 0.25) is 0 Å². The van der Waals surface area contributed by atoms with Crippen molar-refractivity contribution in [2.24, 2.45) is 29.4 Å². The van der Waals surface area contributed by atoms with Gasteiger partial charge in [0.25, 0.3) is 10.1 Å². The van der Waals surface area contributed by atoms with Crippen LogP contribution < -0.4 is 5.73 Å². The van der Waals surface area contributed by atoms with Gasteiger partial charge in [0.1, 0.15) is 0 Å². The van der Waals surface area contributed by atoms with E-state index in [1.54, 1.807) is 0 Å². The third kappa shape index (κ3) is 2.83. The summed E-state index contributed by atoms with van der Waals surface area (Å²) < 4.78 is 30.1. The van der Waals surface area contributed by atoms with E-state index in [4.69, 9.17) is 9.92 Å². The molecule has 5 heteroatoms. The maximum Gasteiger partial charge on any atom is 0.268 e. The van der Waals surface area contributed by atoms with Crippen molar-refractivity contribution < 1.29 is 12.6 Å². The summed E-state index contributed by atoms with van der Waals surface area (Å²) in [7, 11) is -3.44. The second-order valence-electron chi connectivity index (χ2n) is 7.25. The number of rotatable bonds is 5. The second-order valence-corrected chi connectivity index (χ2v) is 8.86. The van der Waals surface area contributed by atoms with Gasteiger partial charge in [-0.2, -0.15) is 8.42 Å². The molecule has 0 heterocycles. The summed E-state index contributed by atoms with van der Waals surface area (Å²) in [6.45, 7) is 2.25. The van der Waals surface area contributed by atoms with Crippen LogP contribution in [0.1, 0.15) is 45.4 Å². The molecule has 0 spiro atoms. The van der Waals surface area contributed by atoms with Gasteiger partial charge in [0, 0.05) is 0 Å². The minimum absolute atomic E-state index is 0.0288. The highest BCUT2D eigenvalue weighted by Crippen LogP contribution is 2.57. The SMILES string of the molecule is CC(CN)CS(=O)(=O)OC12CC3CC(CC(C3)C1)C2. The summed E-state index contributed by atoms with van der Waals surface area (Å²) in [4.78, 5) is 0. The van der Waals surface area contributed by atoms with Gasteiger partial charge in [-0.05, 0) is 68.7 Å². The van der Waals surface area contributed by atoms with Crippen molar-refractivity contribution in [1.82, 2.24) is 0 Å². The summed E-state index contributed by atoms with van der Waals surface area (Å²) in [6, 6.07) is 0. The topological polar surface area (TPSA) is 69.4 Å². The summed E-state index contributed by atoms with van der Waals surface area (Å²) >= 11 is 0. The van der Waals surface area contributed by atoms with Crippen LogP contribution in [0.2, 0.25) is 0 Å². The van der Waals surface area contributed by atoms with Gasteiger partial charge in [-0.25, -0.2) is 0 Å². The quantitative estimate of drug-likeness (QED) is 0.784. The Kier molecular flexibility index (Phi) is 3.43. The Morgan fingerprint density at radius 1 is 1.16 bits per heavy atom. The monoisotopic (exact) mass is 287 g/mol. The lowest BCUT2D eigenvalue weighted by atomic mass is 9.54. The highest BCUT2D eigenvalue weighted by atomic mass is 32.2. The molecule has 110 valence electrons. The third-order valence-corrected chi connectivity index (χ3v) is 6.76. The van der Waals surface area contributed by atoms with E-state index >= 15 is 0 Å². The lowest BCUT2D eigenvalue weighted by Gasteiger charge is -2.55. The van der Waals surface area contributed by atoms with Gasteiger partial charge >= 0.3 is 0 Å². The van der Waals surface area contributed by atoms with E-state index in [1.165, 1.54) is 19.3 Å². The predicted molar refractivity (Wildman–Crippen MR) is 74.0 cm³/mol. The summed E-state index contributed by atoms with van der Waals surface area (Å²) in [5.74, 6) is 2.14. The van der Waals surface area contributed by atoms with E-state index in [9.17, 15) is 8.42 Å². The minimum atomic E-state index is -3.44. The molecule has 4 saturated carbocycles. The molecule has 19 heavy (non-hydrogen) atoms. The maximum absolute atomic E-state index is 12.2. The van der Waals surface area contributed by atoms with Crippen molar-refractivity contribution >= 4 is 10.1 Å². The molecule has 0 aliphatic heterocycles. The van der Waals surface area contributed by atoms with Crippen LogP contribution in [0.4, 0.5) is 0 Å². The Labute approximate surface area is 116 Å². The smallest absolute Gasteiger partial charge is 0.268 e. The molecule has 0 aromatic carbocycles. The molecule has 0 radical (unpaired) electrons. The van der Waals surface area contributed by atoms with Crippen LogP contribution in [0.5, 0.6) is 0 Å². The third-order valence-electron chi connectivity index (χ3n) is 5.18. The summed E-state index contributed by atoms with van der Waals surface area (Å²) in [5, 5.41) is 0. The highest BCUT2D eigenvalue weighted by Gasteiger charge is 2.53.